The molecule has 1 rings (SSSR count). The maximum atomic E-state index is 8.46. The van der Waals surface area contributed by atoms with Gasteiger partial charge in [-0.1, -0.05) is 18.3 Å². The van der Waals surface area contributed by atoms with E-state index in [0.29, 0.717) is 10.9 Å². The molecule has 4 nitrogen and oxygen atoms in total. The largest absolute Gasteiger partial charge is 0.296 e. The van der Waals surface area contributed by atoms with Crippen molar-refractivity contribution >= 4 is 22.9 Å². The van der Waals surface area contributed by atoms with Crippen molar-refractivity contribution in [2.45, 2.75) is 19.9 Å². The van der Waals surface area contributed by atoms with E-state index in [2.05, 4.69) is 28.1 Å². The van der Waals surface area contributed by atoms with Crippen LogP contribution in [-0.4, -0.2) is 28.2 Å². The average Bonchev–Trinajstić information content (AvgIpc) is 2.58. The van der Waals surface area contributed by atoms with Gasteiger partial charge in [-0.05, 0) is 18.1 Å². The first-order valence-corrected chi connectivity index (χ1v) is 5.53. The molecule has 1 aromatic heterocycles. The van der Waals surface area contributed by atoms with Crippen molar-refractivity contribution in [3.63, 3.8) is 0 Å². The van der Waals surface area contributed by atoms with E-state index >= 15 is 0 Å². The zero-order chi connectivity index (χ0) is 10.4. The van der Waals surface area contributed by atoms with E-state index < -0.39 is 0 Å². The third kappa shape index (κ3) is 3.58. The van der Waals surface area contributed by atoms with Crippen LogP contribution in [0.5, 0.6) is 0 Å². The van der Waals surface area contributed by atoms with E-state index in [9.17, 15) is 0 Å². The second-order valence-electron chi connectivity index (χ2n) is 2.73. The first-order chi connectivity index (χ1) is 6.76. The van der Waals surface area contributed by atoms with Gasteiger partial charge < -0.3 is 0 Å². The van der Waals surface area contributed by atoms with Crippen molar-refractivity contribution in [3.8, 4) is 6.07 Å². The molecule has 14 heavy (non-hydrogen) atoms. The van der Waals surface area contributed by atoms with Gasteiger partial charge >= 0.3 is 0 Å². The summed E-state index contributed by atoms with van der Waals surface area (Å²) >= 11 is 7.05. The Morgan fingerprint density at radius 3 is 2.86 bits per heavy atom. The Kier molecular flexibility index (Phi) is 4.80. The molecule has 0 atom stereocenters. The number of aromatic nitrogens is 2. The molecule has 0 saturated heterocycles. The lowest BCUT2D eigenvalue weighted by Gasteiger charge is -2.16. The Labute approximate surface area is 92.1 Å². The summed E-state index contributed by atoms with van der Waals surface area (Å²) in [4.78, 5) is 2.14. The van der Waals surface area contributed by atoms with Crippen LogP contribution in [0.15, 0.2) is 0 Å². The summed E-state index contributed by atoms with van der Waals surface area (Å²) < 4.78 is 0.469. The molecule has 0 spiro atoms. The summed E-state index contributed by atoms with van der Waals surface area (Å²) in [5, 5.41) is 17.0. The zero-order valence-corrected chi connectivity index (χ0v) is 9.48. The molecule has 0 unspecified atom stereocenters. The molecule has 0 N–H and O–H groups in total. The number of nitriles is 1. The second-order valence-corrected chi connectivity index (χ2v) is 4.37. The molecular formula is C8H11ClN4S. The predicted octanol–water partition coefficient (Wildman–Crippen LogP) is 1.93. The summed E-state index contributed by atoms with van der Waals surface area (Å²) in [5.41, 5.74) is 0. The van der Waals surface area contributed by atoms with E-state index in [1.54, 1.807) is 0 Å². The van der Waals surface area contributed by atoms with Gasteiger partial charge in [-0.3, -0.25) is 4.90 Å². The molecule has 0 aromatic carbocycles. The molecule has 0 bridgehead atoms. The topological polar surface area (TPSA) is 52.8 Å². The lowest BCUT2D eigenvalue weighted by Crippen LogP contribution is -2.23. The highest BCUT2D eigenvalue weighted by atomic mass is 35.5. The number of rotatable bonds is 5. The smallest absolute Gasteiger partial charge is 0.207 e. The van der Waals surface area contributed by atoms with Crippen molar-refractivity contribution in [3.05, 3.63) is 9.47 Å². The number of nitrogens with zero attached hydrogens (tertiary/aromatic N) is 4. The van der Waals surface area contributed by atoms with Crippen LogP contribution in [-0.2, 0) is 6.54 Å². The maximum Gasteiger partial charge on any atom is 0.207 e. The highest BCUT2D eigenvalue weighted by Crippen LogP contribution is 2.16. The Balaban J connectivity index is 2.44. The van der Waals surface area contributed by atoms with Gasteiger partial charge in [0.2, 0.25) is 4.47 Å². The van der Waals surface area contributed by atoms with E-state index in [-0.39, 0.29) is 0 Å². The van der Waals surface area contributed by atoms with Gasteiger partial charge in [0.1, 0.15) is 5.01 Å². The Hall–Kier alpha value is -0.700. The van der Waals surface area contributed by atoms with Crippen LogP contribution in [0.2, 0.25) is 4.47 Å². The molecule has 0 aliphatic rings. The molecule has 6 heteroatoms. The first kappa shape index (κ1) is 11.4. The minimum absolute atomic E-state index is 0.469. The Bertz CT molecular complexity index is 319. The van der Waals surface area contributed by atoms with E-state index in [1.807, 2.05) is 0 Å². The molecule has 1 heterocycles. The van der Waals surface area contributed by atoms with Gasteiger partial charge in [0, 0.05) is 13.0 Å². The molecule has 0 fully saturated rings. The molecular weight excluding hydrogens is 220 g/mol. The average molecular weight is 231 g/mol. The number of hydrogen-bond donors (Lipinski definition) is 0. The SMILES string of the molecule is CCN(CCC#N)Cc1nnc(Cl)s1. The van der Waals surface area contributed by atoms with E-state index in [4.69, 9.17) is 16.9 Å². The van der Waals surface area contributed by atoms with Crippen LogP contribution >= 0.6 is 22.9 Å². The predicted molar refractivity (Wildman–Crippen MR) is 56.1 cm³/mol. The Morgan fingerprint density at radius 1 is 1.57 bits per heavy atom. The normalized spacial score (nSPS) is 10.4. The molecule has 0 amide bonds. The maximum absolute atomic E-state index is 8.46. The van der Waals surface area contributed by atoms with Crippen LogP contribution in [0, 0.1) is 11.3 Å². The van der Waals surface area contributed by atoms with Crippen molar-refractivity contribution in [2.75, 3.05) is 13.1 Å². The van der Waals surface area contributed by atoms with Gasteiger partial charge in [-0.2, -0.15) is 5.26 Å². The van der Waals surface area contributed by atoms with Crippen LogP contribution in [0.25, 0.3) is 0 Å². The van der Waals surface area contributed by atoms with Crippen LogP contribution < -0.4 is 0 Å². The highest BCUT2D eigenvalue weighted by molar-refractivity contribution is 7.15. The summed E-state index contributed by atoms with van der Waals surface area (Å²) in [7, 11) is 0. The second kappa shape index (κ2) is 5.91. The standard InChI is InChI=1S/C8H11ClN4S/c1-2-13(5-3-4-10)6-7-11-12-8(9)14-7/h2-3,5-6H2,1H3. The van der Waals surface area contributed by atoms with Gasteiger partial charge in [-0.15, -0.1) is 10.2 Å². The van der Waals surface area contributed by atoms with Crippen LogP contribution in [0.1, 0.15) is 18.4 Å². The summed E-state index contributed by atoms with van der Waals surface area (Å²) in [6, 6.07) is 2.12. The number of hydrogen-bond acceptors (Lipinski definition) is 5. The lowest BCUT2D eigenvalue weighted by molar-refractivity contribution is 0.285. The van der Waals surface area contributed by atoms with Crippen molar-refractivity contribution in [1.29, 1.82) is 5.26 Å². The minimum atomic E-state index is 0.469. The summed E-state index contributed by atoms with van der Waals surface area (Å²) in [5.74, 6) is 0. The van der Waals surface area contributed by atoms with Crippen LogP contribution in [0.3, 0.4) is 0 Å². The fourth-order valence-electron chi connectivity index (χ4n) is 1.05. The third-order valence-electron chi connectivity index (χ3n) is 1.79. The van der Waals surface area contributed by atoms with E-state index in [1.165, 1.54) is 11.3 Å². The molecule has 76 valence electrons. The van der Waals surface area contributed by atoms with E-state index in [0.717, 1.165) is 24.6 Å². The molecule has 0 aliphatic carbocycles. The number of halogens is 1. The molecule has 0 aliphatic heterocycles. The zero-order valence-electron chi connectivity index (χ0n) is 7.90. The van der Waals surface area contributed by atoms with Gasteiger partial charge in [0.25, 0.3) is 0 Å². The van der Waals surface area contributed by atoms with Crippen molar-refractivity contribution in [1.82, 2.24) is 15.1 Å². The van der Waals surface area contributed by atoms with Gasteiger partial charge in [0.15, 0.2) is 0 Å². The quantitative estimate of drug-likeness (QED) is 0.776. The summed E-state index contributed by atoms with van der Waals surface area (Å²) in [6.07, 6.45) is 0.542. The monoisotopic (exact) mass is 230 g/mol. The molecule has 1 aromatic rings. The summed E-state index contributed by atoms with van der Waals surface area (Å²) in [6.45, 7) is 4.45. The third-order valence-corrected chi connectivity index (χ3v) is 2.79. The lowest BCUT2D eigenvalue weighted by atomic mass is 10.4. The molecule has 0 saturated carbocycles. The fraction of sp³-hybridized carbons (Fsp3) is 0.625. The Morgan fingerprint density at radius 2 is 2.36 bits per heavy atom. The fourth-order valence-corrected chi connectivity index (χ4v) is 1.96. The van der Waals surface area contributed by atoms with Gasteiger partial charge in [-0.25, -0.2) is 0 Å². The van der Waals surface area contributed by atoms with Crippen LogP contribution in [0.4, 0.5) is 0 Å². The molecule has 0 radical (unpaired) electrons. The minimum Gasteiger partial charge on any atom is -0.296 e. The highest BCUT2D eigenvalue weighted by Gasteiger charge is 2.07. The van der Waals surface area contributed by atoms with Crippen molar-refractivity contribution < 1.29 is 0 Å². The van der Waals surface area contributed by atoms with Crippen molar-refractivity contribution in [2.24, 2.45) is 0 Å². The first-order valence-electron chi connectivity index (χ1n) is 4.33. The van der Waals surface area contributed by atoms with Gasteiger partial charge in [0.05, 0.1) is 12.6 Å².